The van der Waals surface area contributed by atoms with Crippen LogP contribution in [0.4, 0.5) is 0 Å². The van der Waals surface area contributed by atoms with Gasteiger partial charge in [0.2, 0.25) is 0 Å². The van der Waals surface area contributed by atoms with Crippen molar-refractivity contribution in [2.45, 2.75) is 25.2 Å². The molecule has 2 aromatic rings. The summed E-state index contributed by atoms with van der Waals surface area (Å²) in [7, 11) is 0. The highest BCUT2D eigenvalue weighted by Crippen LogP contribution is 2.31. The Kier molecular flexibility index (Phi) is 4.84. The number of benzene rings is 2. The van der Waals surface area contributed by atoms with Gasteiger partial charge in [-0.25, -0.2) is 0 Å². The van der Waals surface area contributed by atoms with Crippen molar-refractivity contribution in [1.29, 1.82) is 0 Å². The van der Waals surface area contributed by atoms with Gasteiger partial charge in [0.25, 0.3) is 0 Å². The second-order valence-electron chi connectivity index (χ2n) is 7.21. The van der Waals surface area contributed by atoms with E-state index in [-0.39, 0.29) is 5.92 Å². The zero-order chi connectivity index (χ0) is 17.1. The number of carbonyl (C=O) groups excluding carboxylic acids is 1. The van der Waals surface area contributed by atoms with Crippen LogP contribution in [0.2, 0.25) is 0 Å². The Morgan fingerprint density at radius 3 is 2.92 bits per heavy atom. The number of fused-ring (bicyclic) bond motifs is 1. The van der Waals surface area contributed by atoms with Crippen molar-refractivity contribution in [2.75, 3.05) is 26.2 Å². The van der Waals surface area contributed by atoms with Crippen LogP contribution in [0.15, 0.2) is 48.5 Å². The van der Waals surface area contributed by atoms with E-state index in [0.29, 0.717) is 5.92 Å². The molecule has 3 nitrogen and oxygen atoms in total. The Morgan fingerprint density at radius 1 is 1.20 bits per heavy atom. The van der Waals surface area contributed by atoms with E-state index < -0.39 is 0 Å². The van der Waals surface area contributed by atoms with Crippen LogP contribution in [0.3, 0.4) is 0 Å². The fourth-order valence-corrected chi connectivity index (χ4v) is 4.18. The van der Waals surface area contributed by atoms with Crippen LogP contribution < -0.4 is 4.74 Å². The average Bonchev–Trinajstić information content (AvgIpc) is 3.30. The van der Waals surface area contributed by atoms with Crippen LogP contribution in [-0.2, 0) is 17.6 Å². The van der Waals surface area contributed by atoms with Gasteiger partial charge in [-0.2, -0.15) is 0 Å². The summed E-state index contributed by atoms with van der Waals surface area (Å²) in [6.45, 7) is 4.00. The molecule has 1 fully saturated rings. The average molecular weight is 335 g/mol. The molecule has 2 unspecified atom stereocenters. The minimum atomic E-state index is 0.0309. The first-order valence-corrected chi connectivity index (χ1v) is 9.30. The maximum absolute atomic E-state index is 11.7. The maximum Gasteiger partial charge on any atom is 0.127 e. The summed E-state index contributed by atoms with van der Waals surface area (Å²) >= 11 is 0. The third-order valence-corrected chi connectivity index (χ3v) is 5.62. The third-order valence-electron chi connectivity index (χ3n) is 5.62. The number of nitrogens with zero attached hydrogens (tertiary/aromatic N) is 1. The van der Waals surface area contributed by atoms with Crippen molar-refractivity contribution in [3.05, 3.63) is 65.2 Å². The summed E-state index contributed by atoms with van der Waals surface area (Å²) < 4.78 is 5.58. The van der Waals surface area contributed by atoms with E-state index in [1.165, 1.54) is 11.1 Å². The predicted molar refractivity (Wildman–Crippen MR) is 99.1 cm³/mol. The zero-order valence-electron chi connectivity index (χ0n) is 14.6. The quantitative estimate of drug-likeness (QED) is 0.757. The highest BCUT2D eigenvalue weighted by Gasteiger charge is 2.30. The van der Waals surface area contributed by atoms with Crippen LogP contribution >= 0.6 is 0 Å². The normalized spacial score (nSPS) is 20.9. The summed E-state index contributed by atoms with van der Waals surface area (Å²) in [4.78, 5) is 14.2. The fourth-order valence-electron chi connectivity index (χ4n) is 4.18. The van der Waals surface area contributed by atoms with E-state index in [4.69, 9.17) is 4.74 Å². The molecular formula is C22H25NO2. The molecule has 0 bridgehead atoms. The number of hydrogen-bond donors (Lipinski definition) is 0. The number of likely N-dealkylation sites (tertiary alicyclic amines) is 1. The van der Waals surface area contributed by atoms with Crippen molar-refractivity contribution >= 4 is 6.29 Å². The first kappa shape index (κ1) is 16.3. The van der Waals surface area contributed by atoms with Gasteiger partial charge in [0, 0.05) is 25.4 Å². The molecule has 0 spiro atoms. The molecule has 0 radical (unpaired) electrons. The van der Waals surface area contributed by atoms with Crippen molar-refractivity contribution in [3.63, 3.8) is 0 Å². The standard InChI is InChI=1S/C22H25NO2/c24-16-21(18-4-2-1-3-5-18)20-9-12-23(15-20)11-8-17-6-7-22-19(14-17)10-13-25-22/h1-7,14,16,20-21H,8-13,15H2. The molecule has 0 saturated carbocycles. The Labute approximate surface area is 149 Å². The first-order chi connectivity index (χ1) is 12.3. The van der Waals surface area contributed by atoms with E-state index in [1.54, 1.807) is 0 Å². The lowest BCUT2D eigenvalue weighted by Crippen LogP contribution is -2.25. The Bertz CT molecular complexity index is 728. The summed E-state index contributed by atoms with van der Waals surface area (Å²) in [6, 6.07) is 16.8. The Hall–Kier alpha value is -2.13. The van der Waals surface area contributed by atoms with E-state index in [0.717, 1.165) is 63.1 Å². The molecule has 3 heteroatoms. The van der Waals surface area contributed by atoms with Gasteiger partial charge in [0.15, 0.2) is 0 Å². The molecule has 0 amide bonds. The Balaban J connectivity index is 1.34. The monoisotopic (exact) mass is 335 g/mol. The maximum atomic E-state index is 11.7. The molecule has 25 heavy (non-hydrogen) atoms. The minimum Gasteiger partial charge on any atom is -0.493 e. The smallest absolute Gasteiger partial charge is 0.127 e. The van der Waals surface area contributed by atoms with Gasteiger partial charge in [-0.1, -0.05) is 42.5 Å². The molecule has 130 valence electrons. The van der Waals surface area contributed by atoms with Gasteiger partial charge in [-0.3, -0.25) is 0 Å². The summed E-state index contributed by atoms with van der Waals surface area (Å²) in [5.74, 6) is 1.53. The molecule has 2 atom stereocenters. The topological polar surface area (TPSA) is 29.5 Å². The van der Waals surface area contributed by atoms with E-state index in [2.05, 4.69) is 35.2 Å². The van der Waals surface area contributed by atoms with Gasteiger partial charge >= 0.3 is 0 Å². The summed E-state index contributed by atoms with van der Waals surface area (Å²) in [5.41, 5.74) is 3.90. The largest absolute Gasteiger partial charge is 0.493 e. The molecular weight excluding hydrogens is 310 g/mol. The lowest BCUT2D eigenvalue weighted by molar-refractivity contribution is -0.110. The van der Waals surface area contributed by atoms with Crippen molar-refractivity contribution < 1.29 is 9.53 Å². The number of hydrogen-bond acceptors (Lipinski definition) is 3. The SMILES string of the molecule is O=CC(c1ccccc1)C1CCN(CCc2ccc3c(c2)CCO3)C1. The predicted octanol–water partition coefficient (Wildman–Crippen LogP) is 3.47. The summed E-state index contributed by atoms with van der Waals surface area (Å²) in [5, 5.41) is 0. The Morgan fingerprint density at radius 2 is 2.08 bits per heavy atom. The van der Waals surface area contributed by atoms with Crippen molar-refractivity contribution in [3.8, 4) is 5.75 Å². The van der Waals surface area contributed by atoms with E-state index in [1.807, 2.05) is 18.2 Å². The highest BCUT2D eigenvalue weighted by molar-refractivity contribution is 5.62. The highest BCUT2D eigenvalue weighted by atomic mass is 16.5. The minimum absolute atomic E-state index is 0.0309. The second-order valence-corrected chi connectivity index (χ2v) is 7.21. The molecule has 0 N–H and O–H groups in total. The number of ether oxygens (including phenoxy) is 1. The third kappa shape index (κ3) is 3.62. The van der Waals surface area contributed by atoms with Crippen LogP contribution in [-0.4, -0.2) is 37.4 Å². The van der Waals surface area contributed by atoms with Crippen LogP contribution in [0.5, 0.6) is 5.75 Å². The lowest BCUT2D eigenvalue weighted by atomic mass is 9.86. The van der Waals surface area contributed by atoms with Crippen LogP contribution in [0.25, 0.3) is 0 Å². The van der Waals surface area contributed by atoms with E-state index >= 15 is 0 Å². The first-order valence-electron chi connectivity index (χ1n) is 9.30. The number of carbonyl (C=O) groups is 1. The van der Waals surface area contributed by atoms with Gasteiger partial charge in [-0.05, 0) is 48.1 Å². The molecule has 2 aromatic carbocycles. The molecule has 1 saturated heterocycles. The van der Waals surface area contributed by atoms with Crippen molar-refractivity contribution in [1.82, 2.24) is 4.90 Å². The fraction of sp³-hybridized carbons (Fsp3) is 0.409. The molecule has 4 rings (SSSR count). The number of aldehydes is 1. The lowest BCUT2D eigenvalue weighted by Gasteiger charge is -2.20. The second kappa shape index (κ2) is 7.40. The van der Waals surface area contributed by atoms with Gasteiger partial charge in [0.05, 0.1) is 6.61 Å². The van der Waals surface area contributed by atoms with Crippen LogP contribution in [0, 0.1) is 5.92 Å². The van der Waals surface area contributed by atoms with Crippen LogP contribution in [0.1, 0.15) is 29.0 Å². The summed E-state index contributed by atoms with van der Waals surface area (Å²) in [6.07, 6.45) is 4.35. The van der Waals surface area contributed by atoms with Gasteiger partial charge in [-0.15, -0.1) is 0 Å². The van der Waals surface area contributed by atoms with Crippen molar-refractivity contribution in [2.24, 2.45) is 5.92 Å². The molecule has 2 aliphatic rings. The number of rotatable bonds is 6. The van der Waals surface area contributed by atoms with Gasteiger partial charge in [0.1, 0.15) is 12.0 Å². The molecule has 2 heterocycles. The molecule has 2 aliphatic heterocycles. The zero-order valence-corrected chi connectivity index (χ0v) is 14.6. The molecule has 0 aliphatic carbocycles. The molecule has 0 aromatic heterocycles. The van der Waals surface area contributed by atoms with E-state index in [9.17, 15) is 4.79 Å². The van der Waals surface area contributed by atoms with Gasteiger partial charge < -0.3 is 14.4 Å².